The molecule has 0 saturated carbocycles. The molecule has 2 rings (SSSR count). The Kier molecular flexibility index (Phi) is 4.53. The van der Waals surface area contributed by atoms with E-state index in [4.69, 9.17) is 0 Å². The van der Waals surface area contributed by atoms with Crippen molar-refractivity contribution >= 4 is 5.91 Å². The van der Waals surface area contributed by atoms with E-state index in [1.807, 2.05) is 17.9 Å². The van der Waals surface area contributed by atoms with Crippen molar-refractivity contribution in [2.75, 3.05) is 13.1 Å². The van der Waals surface area contributed by atoms with Gasteiger partial charge in [-0.05, 0) is 43.0 Å². The Balaban J connectivity index is 1.82. The van der Waals surface area contributed by atoms with Gasteiger partial charge in [0.25, 0.3) is 0 Å². The fraction of sp³-hybridized carbons (Fsp3) is 0.533. The molecule has 4 heteroatoms. The van der Waals surface area contributed by atoms with Gasteiger partial charge in [0.05, 0.1) is 0 Å². The summed E-state index contributed by atoms with van der Waals surface area (Å²) in [6.07, 6.45) is 1.93. The maximum Gasteiger partial charge on any atom is 0.219 e. The van der Waals surface area contributed by atoms with Gasteiger partial charge in [-0.2, -0.15) is 0 Å². The average Bonchev–Trinajstić information content (AvgIpc) is 2.36. The molecule has 1 saturated heterocycles. The number of carbonyl (C=O) groups is 1. The highest BCUT2D eigenvalue weighted by Crippen LogP contribution is 2.13. The van der Waals surface area contributed by atoms with Gasteiger partial charge in [0.2, 0.25) is 5.91 Å². The van der Waals surface area contributed by atoms with Crippen molar-refractivity contribution in [1.82, 2.24) is 10.2 Å². The molecular formula is C15H21FN2O. The van der Waals surface area contributed by atoms with Crippen LogP contribution in [0.15, 0.2) is 18.2 Å². The Morgan fingerprint density at radius 3 is 2.63 bits per heavy atom. The lowest BCUT2D eigenvalue weighted by molar-refractivity contribution is -0.129. The summed E-state index contributed by atoms with van der Waals surface area (Å²) in [6, 6.07) is 5.53. The molecule has 1 N–H and O–H groups in total. The van der Waals surface area contributed by atoms with Crippen LogP contribution in [0.1, 0.15) is 30.9 Å². The van der Waals surface area contributed by atoms with Crippen LogP contribution < -0.4 is 5.32 Å². The van der Waals surface area contributed by atoms with E-state index in [1.54, 1.807) is 13.0 Å². The second-order valence-corrected chi connectivity index (χ2v) is 5.30. The standard InChI is InChI=1S/C15H21FN2O/c1-11-7-13(9-14(16)8-11)10-17-15-3-5-18(6-4-15)12(2)19/h7-9,15,17H,3-6,10H2,1-2H3. The van der Waals surface area contributed by atoms with Gasteiger partial charge in [0.1, 0.15) is 5.82 Å². The number of carbonyl (C=O) groups excluding carboxylic acids is 1. The number of nitrogens with one attached hydrogen (secondary N) is 1. The van der Waals surface area contributed by atoms with Crippen LogP contribution in [0.3, 0.4) is 0 Å². The largest absolute Gasteiger partial charge is 0.343 e. The third-order valence-corrected chi connectivity index (χ3v) is 3.64. The average molecular weight is 264 g/mol. The summed E-state index contributed by atoms with van der Waals surface area (Å²) in [5, 5.41) is 3.45. The van der Waals surface area contributed by atoms with Gasteiger partial charge in [-0.15, -0.1) is 0 Å². The molecule has 0 spiro atoms. The third-order valence-electron chi connectivity index (χ3n) is 3.64. The highest BCUT2D eigenvalue weighted by molar-refractivity contribution is 5.73. The Morgan fingerprint density at radius 1 is 1.37 bits per heavy atom. The highest BCUT2D eigenvalue weighted by atomic mass is 19.1. The van der Waals surface area contributed by atoms with Crippen molar-refractivity contribution in [2.45, 2.75) is 39.3 Å². The lowest BCUT2D eigenvalue weighted by Gasteiger charge is -2.31. The maximum absolute atomic E-state index is 13.3. The summed E-state index contributed by atoms with van der Waals surface area (Å²) in [5.41, 5.74) is 1.93. The highest BCUT2D eigenvalue weighted by Gasteiger charge is 2.19. The van der Waals surface area contributed by atoms with Gasteiger partial charge in [-0.3, -0.25) is 4.79 Å². The second kappa shape index (κ2) is 6.15. The molecule has 1 amide bonds. The van der Waals surface area contributed by atoms with Crippen molar-refractivity contribution in [3.05, 3.63) is 35.1 Å². The SMILES string of the molecule is CC(=O)N1CCC(NCc2cc(C)cc(F)c2)CC1. The zero-order valence-electron chi connectivity index (χ0n) is 11.6. The number of rotatable bonds is 3. The first kappa shape index (κ1) is 14.0. The first-order valence-electron chi connectivity index (χ1n) is 6.79. The molecule has 3 nitrogen and oxygen atoms in total. The Bertz CT molecular complexity index is 433. The smallest absolute Gasteiger partial charge is 0.219 e. The van der Waals surface area contributed by atoms with Crippen LogP contribution >= 0.6 is 0 Å². The van der Waals surface area contributed by atoms with E-state index in [0.717, 1.165) is 37.1 Å². The molecule has 0 unspecified atom stereocenters. The second-order valence-electron chi connectivity index (χ2n) is 5.30. The topological polar surface area (TPSA) is 32.3 Å². The first-order chi connectivity index (χ1) is 9.04. The normalized spacial score (nSPS) is 16.7. The number of amides is 1. The van der Waals surface area contributed by atoms with Crippen molar-refractivity contribution in [3.63, 3.8) is 0 Å². The van der Waals surface area contributed by atoms with E-state index in [-0.39, 0.29) is 11.7 Å². The summed E-state index contributed by atoms with van der Waals surface area (Å²) >= 11 is 0. The van der Waals surface area contributed by atoms with E-state index < -0.39 is 0 Å². The summed E-state index contributed by atoms with van der Waals surface area (Å²) in [7, 11) is 0. The van der Waals surface area contributed by atoms with Gasteiger partial charge in [-0.25, -0.2) is 4.39 Å². The number of nitrogens with zero attached hydrogens (tertiary/aromatic N) is 1. The molecule has 1 fully saturated rings. The fourth-order valence-corrected chi connectivity index (χ4v) is 2.57. The van der Waals surface area contributed by atoms with Gasteiger partial charge >= 0.3 is 0 Å². The fourth-order valence-electron chi connectivity index (χ4n) is 2.57. The molecule has 1 aliphatic rings. The lowest BCUT2D eigenvalue weighted by Crippen LogP contribution is -2.43. The van der Waals surface area contributed by atoms with Crippen molar-refractivity contribution in [2.24, 2.45) is 0 Å². The Hall–Kier alpha value is -1.42. The molecule has 1 aliphatic heterocycles. The van der Waals surface area contributed by atoms with Crippen molar-refractivity contribution in [3.8, 4) is 0 Å². The molecule has 0 atom stereocenters. The van der Waals surface area contributed by atoms with Crippen LogP contribution in [0.4, 0.5) is 4.39 Å². The van der Waals surface area contributed by atoms with Crippen LogP contribution in [0.25, 0.3) is 0 Å². The summed E-state index contributed by atoms with van der Waals surface area (Å²) in [4.78, 5) is 13.1. The number of piperidine rings is 1. The lowest BCUT2D eigenvalue weighted by atomic mass is 10.0. The van der Waals surface area contributed by atoms with Crippen LogP contribution in [-0.4, -0.2) is 29.9 Å². The quantitative estimate of drug-likeness (QED) is 0.908. The zero-order valence-corrected chi connectivity index (χ0v) is 11.6. The van der Waals surface area contributed by atoms with E-state index in [9.17, 15) is 9.18 Å². The van der Waals surface area contributed by atoms with Gasteiger partial charge in [0, 0.05) is 32.6 Å². The summed E-state index contributed by atoms with van der Waals surface area (Å²) in [5.74, 6) is -0.0256. The number of hydrogen-bond acceptors (Lipinski definition) is 2. The molecule has 0 radical (unpaired) electrons. The molecule has 1 heterocycles. The predicted octanol–water partition coefficient (Wildman–Crippen LogP) is 2.23. The van der Waals surface area contributed by atoms with Crippen LogP contribution in [0.2, 0.25) is 0 Å². The number of halogens is 1. The molecule has 1 aromatic rings. The third kappa shape index (κ3) is 4.03. The molecule has 0 bridgehead atoms. The number of likely N-dealkylation sites (tertiary alicyclic amines) is 1. The molecule has 1 aromatic carbocycles. The first-order valence-corrected chi connectivity index (χ1v) is 6.79. The maximum atomic E-state index is 13.3. The molecular weight excluding hydrogens is 243 g/mol. The molecule has 104 valence electrons. The van der Waals surface area contributed by atoms with Gasteiger partial charge in [0.15, 0.2) is 0 Å². The summed E-state index contributed by atoms with van der Waals surface area (Å²) < 4.78 is 13.3. The number of benzene rings is 1. The minimum Gasteiger partial charge on any atom is -0.343 e. The number of aryl methyl sites for hydroxylation is 1. The minimum absolute atomic E-state index is 0.152. The van der Waals surface area contributed by atoms with Crippen molar-refractivity contribution < 1.29 is 9.18 Å². The molecule has 19 heavy (non-hydrogen) atoms. The van der Waals surface area contributed by atoms with Crippen LogP contribution in [0, 0.1) is 12.7 Å². The van der Waals surface area contributed by atoms with E-state index in [0.29, 0.717) is 12.6 Å². The van der Waals surface area contributed by atoms with E-state index >= 15 is 0 Å². The zero-order chi connectivity index (χ0) is 13.8. The summed E-state index contributed by atoms with van der Waals surface area (Å²) in [6.45, 7) is 5.83. The van der Waals surface area contributed by atoms with Gasteiger partial charge in [-0.1, -0.05) is 6.07 Å². The Labute approximate surface area is 113 Å². The van der Waals surface area contributed by atoms with Gasteiger partial charge < -0.3 is 10.2 Å². The molecule has 0 aliphatic carbocycles. The minimum atomic E-state index is -0.178. The monoisotopic (exact) mass is 264 g/mol. The van der Waals surface area contributed by atoms with Crippen LogP contribution in [0.5, 0.6) is 0 Å². The van der Waals surface area contributed by atoms with E-state index in [2.05, 4.69) is 5.32 Å². The van der Waals surface area contributed by atoms with Crippen molar-refractivity contribution in [1.29, 1.82) is 0 Å². The Morgan fingerprint density at radius 2 is 2.05 bits per heavy atom. The van der Waals surface area contributed by atoms with Crippen LogP contribution in [-0.2, 0) is 11.3 Å². The number of hydrogen-bond donors (Lipinski definition) is 1. The molecule has 0 aromatic heterocycles. The van der Waals surface area contributed by atoms with E-state index in [1.165, 1.54) is 6.07 Å². The predicted molar refractivity (Wildman–Crippen MR) is 73.3 cm³/mol.